The Kier molecular flexibility index (Phi) is 1.79. The molecular weight excluding hydrogens is 112 g/mol. The molecule has 0 radical (unpaired) electrons. The second kappa shape index (κ2) is 2.42. The highest BCUT2D eigenvalue weighted by Crippen LogP contribution is 2.32. The predicted octanol–water partition coefficient (Wildman–Crippen LogP) is 2.64. The molecule has 1 N–H and O–H groups in total. The first-order valence-electron chi connectivity index (χ1n) is 3.60. The molecule has 0 aromatic carbocycles. The van der Waals surface area contributed by atoms with E-state index in [9.17, 15) is 5.11 Å². The van der Waals surface area contributed by atoms with Gasteiger partial charge in [0.15, 0.2) is 0 Å². The monoisotopic (exact) mass is 126 g/mol. The molecule has 0 unspecified atom stereocenters. The topological polar surface area (TPSA) is 20.2 Å². The molecule has 1 saturated carbocycles. The van der Waals surface area contributed by atoms with Gasteiger partial charge in [-0.2, -0.15) is 0 Å². The summed E-state index contributed by atoms with van der Waals surface area (Å²) in [7, 11) is 0. The van der Waals surface area contributed by atoms with E-state index < -0.39 is 0 Å². The van der Waals surface area contributed by atoms with E-state index in [-0.39, 0.29) is 0 Å². The quantitative estimate of drug-likeness (QED) is 0.564. The smallest absolute Gasteiger partial charge is 0.0917 e. The number of hydrogen-bond donors (Lipinski definition) is 1. The average Bonchev–Trinajstić information content (AvgIpc) is 2.40. The summed E-state index contributed by atoms with van der Waals surface area (Å²) >= 11 is 0. The van der Waals surface area contributed by atoms with Gasteiger partial charge in [-0.25, -0.2) is 0 Å². The van der Waals surface area contributed by atoms with Crippen molar-refractivity contribution in [3.63, 3.8) is 0 Å². The van der Waals surface area contributed by atoms with Crippen LogP contribution in [0.5, 0.6) is 0 Å². The maximum Gasteiger partial charge on any atom is 0.0917 e. The van der Waals surface area contributed by atoms with E-state index in [1.807, 2.05) is 0 Å². The molecule has 0 saturated heterocycles. The van der Waals surface area contributed by atoms with E-state index in [1.165, 1.54) is 5.57 Å². The summed E-state index contributed by atoms with van der Waals surface area (Å²) in [4.78, 5) is 0. The van der Waals surface area contributed by atoms with Gasteiger partial charge in [0.25, 0.3) is 0 Å². The molecule has 1 fully saturated rings. The Bertz CT molecular complexity index is 128. The van der Waals surface area contributed by atoms with Crippen molar-refractivity contribution >= 4 is 0 Å². The van der Waals surface area contributed by atoms with Crippen LogP contribution in [-0.4, -0.2) is 5.11 Å². The second-order valence-electron chi connectivity index (χ2n) is 3.15. The number of allylic oxidation sites excluding steroid dienone is 2. The van der Waals surface area contributed by atoms with Crippen LogP contribution in [0, 0.1) is 5.92 Å². The first-order valence-corrected chi connectivity index (χ1v) is 3.60. The molecule has 52 valence electrons. The van der Waals surface area contributed by atoms with Crippen LogP contribution in [0.2, 0.25) is 0 Å². The largest absolute Gasteiger partial charge is 0.512 e. The zero-order valence-corrected chi connectivity index (χ0v) is 6.15. The van der Waals surface area contributed by atoms with Gasteiger partial charge < -0.3 is 5.11 Å². The summed E-state index contributed by atoms with van der Waals surface area (Å²) in [6.45, 7) is 4.25. The van der Waals surface area contributed by atoms with Crippen molar-refractivity contribution in [2.75, 3.05) is 0 Å². The Morgan fingerprint density at radius 2 is 2.11 bits per heavy atom. The second-order valence-corrected chi connectivity index (χ2v) is 3.15. The molecule has 1 aliphatic rings. The zero-order chi connectivity index (χ0) is 6.85. The molecule has 0 amide bonds. The molecule has 0 aromatic rings. The highest BCUT2D eigenvalue weighted by atomic mass is 16.3. The minimum absolute atomic E-state index is 0.595. The van der Waals surface area contributed by atoms with E-state index in [2.05, 4.69) is 13.8 Å². The predicted molar refractivity (Wildman–Crippen MR) is 38.3 cm³/mol. The van der Waals surface area contributed by atoms with Gasteiger partial charge in [-0.15, -0.1) is 0 Å². The lowest BCUT2D eigenvalue weighted by molar-refractivity contribution is 0.362. The van der Waals surface area contributed by atoms with Crippen molar-refractivity contribution in [2.45, 2.75) is 33.1 Å². The molecule has 1 heteroatoms. The highest BCUT2D eigenvalue weighted by Gasteiger charge is 2.17. The van der Waals surface area contributed by atoms with Crippen molar-refractivity contribution in [1.82, 2.24) is 0 Å². The third-order valence-electron chi connectivity index (χ3n) is 1.51. The summed E-state index contributed by atoms with van der Waals surface area (Å²) in [5.74, 6) is 1.25. The first kappa shape index (κ1) is 6.66. The summed E-state index contributed by atoms with van der Waals surface area (Å²) < 4.78 is 0. The molecule has 0 heterocycles. The van der Waals surface area contributed by atoms with Crippen molar-refractivity contribution < 1.29 is 5.11 Å². The normalized spacial score (nSPS) is 16.6. The minimum atomic E-state index is 0.595. The Morgan fingerprint density at radius 1 is 1.56 bits per heavy atom. The Labute approximate surface area is 56.4 Å². The number of hydrogen-bond acceptors (Lipinski definition) is 1. The summed E-state index contributed by atoms with van der Waals surface area (Å²) in [5, 5.41) is 9.24. The Balaban J connectivity index is 2.35. The maximum absolute atomic E-state index is 9.24. The van der Waals surface area contributed by atoms with Crippen molar-refractivity contribution in [3.8, 4) is 0 Å². The fraction of sp³-hybridized carbons (Fsp3) is 0.750. The fourth-order valence-electron chi connectivity index (χ4n) is 0.882. The van der Waals surface area contributed by atoms with Gasteiger partial charge in [0.1, 0.15) is 0 Å². The molecule has 1 nitrogen and oxygen atoms in total. The number of aliphatic hydroxyl groups excluding tert-OH is 1. The summed E-state index contributed by atoms with van der Waals surface area (Å²) in [6.07, 6.45) is 3.15. The number of aliphatic hydroxyl groups is 1. The first-order chi connectivity index (χ1) is 4.20. The van der Waals surface area contributed by atoms with Crippen LogP contribution in [0.25, 0.3) is 0 Å². The maximum atomic E-state index is 9.24. The zero-order valence-electron chi connectivity index (χ0n) is 6.15. The van der Waals surface area contributed by atoms with E-state index in [4.69, 9.17) is 0 Å². The SMILES string of the molecule is CC(C)CC(O)=C1CC1. The van der Waals surface area contributed by atoms with Gasteiger partial charge in [0.05, 0.1) is 5.76 Å². The Morgan fingerprint density at radius 3 is 2.44 bits per heavy atom. The third kappa shape index (κ3) is 2.08. The molecule has 0 spiro atoms. The minimum Gasteiger partial charge on any atom is -0.512 e. The standard InChI is InChI=1S/C8H14O/c1-6(2)5-8(9)7-3-4-7/h6,9H,3-5H2,1-2H3. The van der Waals surface area contributed by atoms with Crippen LogP contribution in [0.15, 0.2) is 11.3 Å². The third-order valence-corrected chi connectivity index (χ3v) is 1.51. The lowest BCUT2D eigenvalue weighted by Gasteiger charge is -2.01. The van der Waals surface area contributed by atoms with Gasteiger partial charge in [-0.05, 0) is 24.3 Å². The van der Waals surface area contributed by atoms with Crippen molar-refractivity contribution in [2.24, 2.45) is 5.92 Å². The number of rotatable bonds is 2. The lowest BCUT2D eigenvalue weighted by atomic mass is 10.1. The molecule has 0 atom stereocenters. The van der Waals surface area contributed by atoms with Gasteiger partial charge >= 0.3 is 0 Å². The summed E-state index contributed by atoms with van der Waals surface area (Å²) in [6, 6.07) is 0. The molecule has 0 bridgehead atoms. The van der Waals surface area contributed by atoms with Crippen LogP contribution >= 0.6 is 0 Å². The highest BCUT2D eigenvalue weighted by molar-refractivity contribution is 5.20. The van der Waals surface area contributed by atoms with Crippen LogP contribution in [0.4, 0.5) is 0 Å². The molecule has 0 aliphatic heterocycles. The molecular formula is C8H14O. The van der Waals surface area contributed by atoms with E-state index >= 15 is 0 Å². The fourth-order valence-corrected chi connectivity index (χ4v) is 0.882. The lowest BCUT2D eigenvalue weighted by Crippen LogP contribution is -1.89. The Hall–Kier alpha value is -0.460. The molecule has 9 heavy (non-hydrogen) atoms. The van der Waals surface area contributed by atoms with Crippen molar-refractivity contribution in [1.29, 1.82) is 0 Å². The molecule has 1 rings (SSSR count). The molecule has 1 aliphatic carbocycles. The summed E-state index contributed by atoms with van der Waals surface area (Å²) in [5.41, 5.74) is 1.28. The van der Waals surface area contributed by atoms with Crippen LogP contribution in [0.1, 0.15) is 33.1 Å². The van der Waals surface area contributed by atoms with Crippen LogP contribution in [0.3, 0.4) is 0 Å². The van der Waals surface area contributed by atoms with Gasteiger partial charge in [-0.3, -0.25) is 0 Å². The van der Waals surface area contributed by atoms with E-state index in [1.54, 1.807) is 0 Å². The van der Waals surface area contributed by atoms with E-state index in [0.717, 1.165) is 19.3 Å². The van der Waals surface area contributed by atoms with Crippen molar-refractivity contribution in [3.05, 3.63) is 11.3 Å². The van der Waals surface area contributed by atoms with Crippen LogP contribution in [-0.2, 0) is 0 Å². The average molecular weight is 126 g/mol. The van der Waals surface area contributed by atoms with Crippen LogP contribution < -0.4 is 0 Å². The van der Waals surface area contributed by atoms with Gasteiger partial charge in [-0.1, -0.05) is 13.8 Å². The van der Waals surface area contributed by atoms with Gasteiger partial charge in [0.2, 0.25) is 0 Å². The van der Waals surface area contributed by atoms with E-state index in [0.29, 0.717) is 11.7 Å². The van der Waals surface area contributed by atoms with Gasteiger partial charge in [0, 0.05) is 6.42 Å². The molecule has 0 aromatic heterocycles.